The summed E-state index contributed by atoms with van der Waals surface area (Å²) in [7, 11) is -3.16. The van der Waals surface area contributed by atoms with Crippen molar-refractivity contribution in [1.29, 1.82) is 0 Å². The molecule has 134 valence electrons. The SMILES string of the molecule is CCS(=O)(=O)N1CCC(C(=O)Nc2ccc(OC(C)C)cc2)CC1. The van der Waals surface area contributed by atoms with Crippen LogP contribution < -0.4 is 10.1 Å². The molecule has 1 aliphatic rings. The molecule has 0 radical (unpaired) electrons. The van der Waals surface area contributed by atoms with E-state index in [1.807, 2.05) is 38.1 Å². The number of nitrogens with zero attached hydrogens (tertiary/aromatic N) is 1. The zero-order chi connectivity index (χ0) is 17.7. The molecule has 1 amide bonds. The van der Waals surface area contributed by atoms with E-state index >= 15 is 0 Å². The maximum Gasteiger partial charge on any atom is 0.227 e. The number of hydrogen-bond acceptors (Lipinski definition) is 4. The molecule has 0 unspecified atom stereocenters. The number of nitrogens with one attached hydrogen (secondary N) is 1. The minimum absolute atomic E-state index is 0.0546. The normalized spacial score (nSPS) is 17.0. The van der Waals surface area contributed by atoms with Gasteiger partial charge >= 0.3 is 0 Å². The molecule has 7 heteroatoms. The number of rotatable bonds is 6. The van der Waals surface area contributed by atoms with Gasteiger partial charge in [0.1, 0.15) is 5.75 Å². The van der Waals surface area contributed by atoms with Crippen molar-refractivity contribution < 1.29 is 17.9 Å². The number of carbonyl (C=O) groups is 1. The van der Waals surface area contributed by atoms with Crippen molar-refractivity contribution in [3.05, 3.63) is 24.3 Å². The summed E-state index contributed by atoms with van der Waals surface area (Å²) in [6.45, 7) is 6.38. The van der Waals surface area contributed by atoms with Crippen molar-refractivity contribution in [2.24, 2.45) is 5.92 Å². The monoisotopic (exact) mass is 354 g/mol. The summed E-state index contributed by atoms with van der Waals surface area (Å²) in [6, 6.07) is 7.27. The number of carbonyl (C=O) groups excluding carboxylic acids is 1. The molecule has 6 nitrogen and oxygen atoms in total. The second-order valence-electron chi connectivity index (χ2n) is 6.25. The van der Waals surface area contributed by atoms with Gasteiger partial charge in [-0.2, -0.15) is 0 Å². The van der Waals surface area contributed by atoms with Crippen LogP contribution in [0.15, 0.2) is 24.3 Å². The van der Waals surface area contributed by atoms with Crippen molar-refractivity contribution in [2.45, 2.75) is 39.7 Å². The van der Waals surface area contributed by atoms with E-state index in [1.165, 1.54) is 4.31 Å². The summed E-state index contributed by atoms with van der Waals surface area (Å²) in [6.07, 6.45) is 1.22. The number of sulfonamides is 1. The third kappa shape index (κ3) is 4.95. The molecule has 1 N–H and O–H groups in total. The van der Waals surface area contributed by atoms with Gasteiger partial charge in [0.05, 0.1) is 11.9 Å². The maximum absolute atomic E-state index is 12.3. The topological polar surface area (TPSA) is 75.7 Å². The number of benzene rings is 1. The number of anilines is 1. The molecular weight excluding hydrogens is 328 g/mol. The van der Waals surface area contributed by atoms with Gasteiger partial charge in [-0.05, 0) is 57.9 Å². The summed E-state index contributed by atoms with van der Waals surface area (Å²) in [5.41, 5.74) is 0.722. The van der Waals surface area contributed by atoms with E-state index in [-0.39, 0.29) is 23.7 Å². The lowest BCUT2D eigenvalue weighted by Crippen LogP contribution is -2.42. The third-order valence-electron chi connectivity index (χ3n) is 4.08. The molecule has 1 saturated heterocycles. The zero-order valence-electron chi connectivity index (χ0n) is 14.5. The lowest BCUT2D eigenvalue weighted by atomic mass is 9.97. The largest absolute Gasteiger partial charge is 0.491 e. The summed E-state index contributed by atoms with van der Waals surface area (Å²) in [4.78, 5) is 12.3. The number of piperidine rings is 1. The Hall–Kier alpha value is -1.60. The van der Waals surface area contributed by atoms with Crippen LogP contribution in [0.3, 0.4) is 0 Å². The fourth-order valence-corrected chi connectivity index (χ4v) is 3.84. The van der Waals surface area contributed by atoms with E-state index in [0.717, 1.165) is 11.4 Å². The minimum Gasteiger partial charge on any atom is -0.491 e. The van der Waals surface area contributed by atoms with Crippen LogP contribution in [-0.2, 0) is 14.8 Å². The Bertz CT molecular complexity index is 648. The molecule has 2 rings (SSSR count). The second kappa shape index (κ2) is 7.98. The first-order chi connectivity index (χ1) is 11.3. The quantitative estimate of drug-likeness (QED) is 0.851. The van der Waals surface area contributed by atoms with Crippen molar-refractivity contribution in [3.8, 4) is 5.75 Å². The first-order valence-corrected chi connectivity index (χ1v) is 9.98. The molecule has 0 saturated carbocycles. The highest BCUT2D eigenvalue weighted by atomic mass is 32.2. The molecule has 0 aromatic heterocycles. The zero-order valence-corrected chi connectivity index (χ0v) is 15.3. The van der Waals surface area contributed by atoms with Gasteiger partial charge in [0.2, 0.25) is 15.9 Å². The van der Waals surface area contributed by atoms with E-state index in [2.05, 4.69) is 5.32 Å². The smallest absolute Gasteiger partial charge is 0.227 e. The average Bonchev–Trinajstić information content (AvgIpc) is 2.56. The highest BCUT2D eigenvalue weighted by Gasteiger charge is 2.30. The van der Waals surface area contributed by atoms with Crippen LogP contribution in [0.1, 0.15) is 33.6 Å². The van der Waals surface area contributed by atoms with Gasteiger partial charge in [-0.1, -0.05) is 0 Å². The Morgan fingerprint density at radius 1 is 1.25 bits per heavy atom. The molecular formula is C17H26N2O4S. The highest BCUT2D eigenvalue weighted by Crippen LogP contribution is 2.23. The molecule has 0 aliphatic carbocycles. The van der Waals surface area contributed by atoms with Crippen LogP contribution in [0.25, 0.3) is 0 Å². The van der Waals surface area contributed by atoms with Crippen LogP contribution in [0.4, 0.5) is 5.69 Å². The molecule has 1 fully saturated rings. The van der Waals surface area contributed by atoms with Crippen molar-refractivity contribution in [3.63, 3.8) is 0 Å². The number of ether oxygens (including phenoxy) is 1. The second-order valence-corrected chi connectivity index (χ2v) is 8.51. The lowest BCUT2D eigenvalue weighted by molar-refractivity contribution is -0.120. The van der Waals surface area contributed by atoms with Gasteiger partial charge in [0.25, 0.3) is 0 Å². The van der Waals surface area contributed by atoms with Crippen LogP contribution in [0.2, 0.25) is 0 Å². The van der Waals surface area contributed by atoms with Gasteiger partial charge in [-0.15, -0.1) is 0 Å². The molecule has 1 heterocycles. The van der Waals surface area contributed by atoms with Gasteiger partial charge < -0.3 is 10.1 Å². The molecule has 0 bridgehead atoms. The van der Waals surface area contributed by atoms with E-state index in [0.29, 0.717) is 25.9 Å². The van der Waals surface area contributed by atoms with Crippen molar-refractivity contribution in [1.82, 2.24) is 4.31 Å². The first kappa shape index (κ1) is 18.7. The Balaban J connectivity index is 1.87. The van der Waals surface area contributed by atoms with Crippen molar-refractivity contribution >= 4 is 21.6 Å². The van der Waals surface area contributed by atoms with Crippen LogP contribution in [0.5, 0.6) is 5.75 Å². The van der Waals surface area contributed by atoms with E-state index in [1.54, 1.807) is 6.92 Å². The fraction of sp³-hybridized carbons (Fsp3) is 0.588. The van der Waals surface area contributed by atoms with Crippen molar-refractivity contribution in [2.75, 3.05) is 24.2 Å². The van der Waals surface area contributed by atoms with Gasteiger partial charge in [0, 0.05) is 24.7 Å². The summed E-state index contributed by atoms with van der Waals surface area (Å²) < 4.78 is 30.7. The molecule has 1 aliphatic heterocycles. The highest BCUT2D eigenvalue weighted by molar-refractivity contribution is 7.89. The fourth-order valence-electron chi connectivity index (χ4n) is 2.71. The summed E-state index contributed by atoms with van der Waals surface area (Å²) in [5.74, 6) is 0.663. The molecule has 0 atom stereocenters. The number of hydrogen-bond donors (Lipinski definition) is 1. The van der Waals surface area contributed by atoms with Gasteiger partial charge in [0.15, 0.2) is 0 Å². The summed E-state index contributed by atoms with van der Waals surface area (Å²) in [5, 5.41) is 2.90. The van der Waals surface area contributed by atoms with E-state index in [4.69, 9.17) is 4.74 Å². The Morgan fingerprint density at radius 3 is 2.33 bits per heavy atom. The molecule has 1 aromatic rings. The molecule has 24 heavy (non-hydrogen) atoms. The average molecular weight is 354 g/mol. The first-order valence-electron chi connectivity index (χ1n) is 8.37. The Labute approximate surface area is 144 Å². The molecule has 0 spiro atoms. The Kier molecular flexibility index (Phi) is 6.23. The van der Waals surface area contributed by atoms with Crippen LogP contribution in [0, 0.1) is 5.92 Å². The predicted octanol–water partition coefficient (Wildman–Crippen LogP) is 2.47. The van der Waals surface area contributed by atoms with Gasteiger partial charge in [-0.3, -0.25) is 4.79 Å². The Morgan fingerprint density at radius 2 is 1.83 bits per heavy atom. The third-order valence-corrected chi connectivity index (χ3v) is 5.96. The predicted molar refractivity (Wildman–Crippen MR) is 94.6 cm³/mol. The maximum atomic E-state index is 12.3. The van der Waals surface area contributed by atoms with Crippen LogP contribution in [-0.4, -0.2) is 43.6 Å². The van der Waals surface area contributed by atoms with Gasteiger partial charge in [-0.25, -0.2) is 12.7 Å². The number of amides is 1. The molecule has 1 aromatic carbocycles. The van der Waals surface area contributed by atoms with Crippen LogP contribution >= 0.6 is 0 Å². The van der Waals surface area contributed by atoms with E-state index < -0.39 is 10.0 Å². The summed E-state index contributed by atoms with van der Waals surface area (Å²) >= 11 is 0. The standard InChI is InChI=1S/C17H26N2O4S/c1-4-24(21,22)19-11-9-14(10-12-19)17(20)18-15-5-7-16(8-6-15)23-13(2)3/h5-8,13-14H,4,9-12H2,1-3H3,(H,18,20). The lowest BCUT2D eigenvalue weighted by Gasteiger charge is -2.30. The van der Waals surface area contributed by atoms with E-state index in [9.17, 15) is 13.2 Å². The minimum atomic E-state index is -3.16.